The van der Waals surface area contributed by atoms with E-state index in [1.807, 2.05) is 24.4 Å². The van der Waals surface area contributed by atoms with Crippen molar-refractivity contribution in [3.63, 3.8) is 0 Å². The molecule has 0 fully saturated rings. The first kappa shape index (κ1) is 16.5. The van der Waals surface area contributed by atoms with Gasteiger partial charge in [-0.1, -0.05) is 78.9 Å². The molecule has 0 saturated heterocycles. The molecule has 3 aromatic carbocycles. The van der Waals surface area contributed by atoms with Crippen LogP contribution in [0.3, 0.4) is 0 Å². The average molecular weight is 338 g/mol. The molecule has 2 nitrogen and oxygen atoms in total. The van der Waals surface area contributed by atoms with Gasteiger partial charge in [0.15, 0.2) is 0 Å². The van der Waals surface area contributed by atoms with Gasteiger partial charge in [0, 0.05) is 12.2 Å². The third-order valence-electron chi connectivity index (χ3n) is 4.82. The molecule has 128 valence electrons. The third kappa shape index (κ3) is 3.37. The molecule has 4 aromatic rings. The van der Waals surface area contributed by atoms with E-state index in [0.29, 0.717) is 0 Å². The molecule has 0 spiro atoms. The minimum Gasteiger partial charge on any atom is -0.298 e. The first-order valence-electron chi connectivity index (χ1n) is 9.02. The standard InChI is InChI=1S/C24H22N2/c1-18(21-15-9-13-19-10-5-6-14-22(19)21)26-24(20-11-3-2-4-12-20)23-16-7-8-17-25-23/h2-18,24,26H,1H3/t18-,24?/m1/s1. The zero-order valence-corrected chi connectivity index (χ0v) is 14.8. The fourth-order valence-corrected chi connectivity index (χ4v) is 3.51. The SMILES string of the molecule is C[C@@H](NC(c1ccccc1)c1ccccn1)c1cccc2ccccc12. The van der Waals surface area contributed by atoms with Crippen LogP contribution in [-0.4, -0.2) is 4.98 Å². The Balaban J connectivity index is 1.71. The molecule has 0 aliphatic carbocycles. The molecular formula is C24H22N2. The predicted molar refractivity (Wildman–Crippen MR) is 108 cm³/mol. The molecule has 4 rings (SSSR count). The average Bonchev–Trinajstić information content (AvgIpc) is 2.72. The monoisotopic (exact) mass is 338 g/mol. The molecule has 0 saturated carbocycles. The summed E-state index contributed by atoms with van der Waals surface area (Å²) in [5.74, 6) is 0. The summed E-state index contributed by atoms with van der Waals surface area (Å²) in [6.45, 7) is 2.22. The lowest BCUT2D eigenvalue weighted by Crippen LogP contribution is -2.26. The van der Waals surface area contributed by atoms with Gasteiger partial charge >= 0.3 is 0 Å². The smallest absolute Gasteiger partial charge is 0.0756 e. The van der Waals surface area contributed by atoms with E-state index in [2.05, 4.69) is 90.0 Å². The van der Waals surface area contributed by atoms with Crippen LogP contribution in [0.2, 0.25) is 0 Å². The minimum absolute atomic E-state index is 0.0476. The van der Waals surface area contributed by atoms with E-state index in [4.69, 9.17) is 0 Å². The quantitative estimate of drug-likeness (QED) is 0.507. The zero-order valence-electron chi connectivity index (χ0n) is 14.8. The van der Waals surface area contributed by atoms with Crippen LogP contribution in [0.25, 0.3) is 10.8 Å². The van der Waals surface area contributed by atoms with Crippen LogP contribution in [0.4, 0.5) is 0 Å². The van der Waals surface area contributed by atoms with E-state index in [0.717, 1.165) is 5.69 Å². The van der Waals surface area contributed by atoms with Gasteiger partial charge in [-0.2, -0.15) is 0 Å². The Kier molecular flexibility index (Phi) is 4.76. The summed E-state index contributed by atoms with van der Waals surface area (Å²) in [5.41, 5.74) is 3.56. The number of pyridine rings is 1. The van der Waals surface area contributed by atoms with Crippen molar-refractivity contribution in [3.05, 3.63) is 114 Å². The summed E-state index contributed by atoms with van der Waals surface area (Å²) < 4.78 is 0. The van der Waals surface area contributed by atoms with Gasteiger partial charge in [0.1, 0.15) is 0 Å². The Bertz CT molecular complexity index is 936. The van der Waals surface area contributed by atoms with E-state index < -0.39 is 0 Å². The number of nitrogens with zero attached hydrogens (tertiary/aromatic N) is 1. The van der Waals surface area contributed by atoms with Gasteiger partial charge in [0.2, 0.25) is 0 Å². The van der Waals surface area contributed by atoms with Gasteiger partial charge in [-0.15, -0.1) is 0 Å². The van der Waals surface area contributed by atoms with Crippen LogP contribution < -0.4 is 5.32 Å². The molecule has 0 bridgehead atoms. The Morgan fingerprint density at radius 1 is 0.731 bits per heavy atom. The highest BCUT2D eigenvalue weighted by Gasteiger charge is 2.19. The van der Waals surface area contributed by atoms with Crippen molar-refractivity contribution in [3.8, 4) is 0 Å². The van der Waals surface area contributed by atoms with Crippen LogP contribution in [0.15, 0.2) is 97.2 Å². The van der Waals surface area contributed by atoms with Gasteiger partial charge in [-0.3, -0.25) is 10.3 Å². The Morgan fingerprint density at radius 3 is 2.27 bits per heavy atom. The summed E-state index contributed by atoms with van der Waals surface area (Å²) in [6.07, 6.45) is 1.86. The lowest BCUT2D eigenvalue weighted by molar-refractivity contribution is 0.511. The van der Waals surface area contributed by atoms with Gasteiger partial charge in [-0.05, 0) is 41.0 Å². The number of fused-ring (bicyclic) bond motifs is 1. The van der Waals surface area contributed by atoms with Gasteiger partial charge in [0.25, 0.3) is 0 Å². The van der Waals surface area contributed by atoms with Crippen molar-refractivity contribution in [2.24, 2.45) is 0 Å². The van der Waals surface area contributed by atoms with Crippen LogP contribution in [0.1, 0.15) is 35.8 Å². The van der Waals surface area contributed by atoms with Gasteiger partial charge < -0.3 is 0 Å². The van der Waals surface area contributed by atoms with E-state index in [-0.39, 0.29) is 12.1 Å². The van der Waals surface area contributed by atoms with E-state index in [9.17, 15) is 0 Å². The predicted octanol–water partition coefficient (Wildman–Crippen LogP) is 5.68. The number of aromatic nitrogens is 1. The van der Waals surface area contributed by atoms with E-state index >= 15 is 0 Å². The molecule has 1 heterocycles. The number of hydrogen-bond donors (Lipinski definition) is 1. The highest BCUT2D eigenvalue weighted by molar-refractivity contribution is 5.86. The maximum absolute atomic E-state index is 4.60. The lowest BCUT2D eigenvalue weighted by atomic mass is 9.97. The van der Waals surface area contributed by atoms with Crippen LogP contribution in [-0.2, 0) is 0 Å². The van der Waals surface area contributed by atoms with E-state index in [1.54, 1.807) is 0 Å². The van der Waals surface area contributed by atoms with Crippen LogP contribution in [0, 0.1) is 0 Å². The molecule has 1 N–H and O–H groups in total. The number of benzene rings is 3. The Labute approximate surface area is 154 Å². The molecule has 0 radical (unpaired) electrons. The highest BCUT2D eigenvalue weighted by Crippen LogP contribution is 2.28. The second-order valence-corrected chi connectivity index (χ2v) is 6.56. The van der Waals surface area contributed by atoms with Crippen molar-refractivity contribution >= 4 is 10.8 Å². The Hall–Kier alpha value is -2.97. The molecule has 2 heteroatoms. The zero-order chi connectivity index (χ0) is 17.8. The summed E-state index contributed by atoms with van der Waals surface area (Å²) in [7, 11) is 0. The summed E-state index contributed by atoms with van der Waals surface area (Å²) in [6, 6.07) is 31.9. The first-order chi connectivity index (χ1) is 12.8. The molecule has 1 aromatic heterocycles. The van der Waals surface area contributed by atoms with Gasteiger partial charge in [-0.25, -0.2) is 0 Å². The second kappa shape index (κ2) is 7.51. The highest BCUT2D eigenvalue weighted by atomic mass is 15.0. The van der Waals surface area contributed by atoms with Crippen molar-refractivity contribution < 1.29 is 0 Å². The van der Waals surface area contributed by atoms with Crippen molar-refractivity contribution in [1.29, 1.82) is 0 Å². The van der Waals surface area contributed by atoms with E-state index in [1.165, 1.54) is 21.9 Å². The Morgan fingerprint density at radius 2 is 1.46 bits per heavy atom. The number of hydrogen-bond acceptors (Lipinski definition) is 2. The summed E-state index contributed by atoms with van der Waals surface area (Å²) >= 11 is 0. The first-order valence-corrected chi connectivity index (χ1v) is 9.02. The van der Waals surface area contributed by atoms with Crippen LogP contribution >= 0.6 is 0 Å². The number of nitrogens with one attached hydrogen (secondary N) is 1. The summed E-state index contributed by atoms with van der Waals surface area (Å²) in [4.78, 5) is 4.60. The molecule has 0 amide bonds. The molecule has 0 aliphatic rings. The molecule has 1 unspecified atom stereocenters. The normalized spacial score (nSPS) is 13.4. The molecule has 26 heavy (non-hydrogen) atoms. The third-order valence-corrected chi connectivity index (χ3v) is 4.82. The maximum atomic E-state index is 4.60. The maximum Gasteiger partial charge on any atom is 0.0756 e. The van der Waals surface area contributed by atoms with Crippen molar-refractivity contribution in [2.75, 3.05) is 0 Å². The molecule has 0 aliphatic heterocycles. The topological polar surface area (TPSA) is 24.9 Å². The van der Waals surface area contributed by atoms with Crippen molar-refractivity contribution in [2.45, 2.75) is 19.0 Å². The minimum atomic E-state index is 0.0476. The fourth-order valence-electron chi connectivity index (χ4n) is 3.51. The summed E-state index contributed by atoms with van der Waals surface area (Å²) in [5, 5.41) is 6.36. The number of rotatable bonds is 5. The second-order valence-electron chi connectivity index (χ2n) is 6.56. The fraction of sp³-hybridized carbons (Fsp3) is 0.125. The van der Waals surface area contributed by atoms with Crippen molar-refractivity contribution in [1.82, 2.24) is 10.3 Å². The molecule has 2 atom stereocenters. The molecular weight excluding hydrogens is 316 g/mol. The largest absolute Gasteiger partial charge is 0.298 e. The lowest BCUT2D eigenvalue weighted by Gasteiger charge is -2.25. The van der Waals surface area contributed by atoms with Crippen LogP contribution in [0.5, 0.6) is 0 Å². The van der Waals surface area contributed by atoms with Gasteiger partial charge in [0.05, 0.1) is 11.7 Å².